The van der Waals surface area contributed by atoms with E-state index in [0.29, 0.717) is 30.0 Å². The number of nitrogens with zero attached hydrogens (tertiary/aromatic N) is 1. The molecule has 3 aliphatic heterocycles. The normalized spacial score (nSPS) is 34.2. The van der Waals surface area contributed by atoms with E-state index in [-0.39, 0.29) is 43.2 Å². The molecule has 4 rings (SSSR count). The number of methoxy groups -OCH3 is 1. The van der Waals surface area contributed by atoms with Gasteiger partial charge in [0.1, 0.15) is 6.54 Å². The molecule has 0 saturated carbocycles. The van der Waals surface area contributed by atoms with Crippen molar-refractivity contribution in [1.82, 2.24) is 5.32 Å². The molecule has 6 atom stereocenters. The van der Waals surface area contributed by atoms with E-state index >= 15 is 4.48 Å². The first-order chi connectivity index (χ1) is 15.4. The van der Waals surface area contributed by atoms with E-state index < -0.39 is 27.6 Å². The minimum absolute atomic E-state index is 0.0307. The Kier molecular flexibility index (Phi) is 5.77. The number of nitrogens with one attached hydrogen (secondary N) is 1. The Hall–Kier alpha value is -2.19. The molecule has 3 heterocycles. The minimum atomic E-state index is -1.71. The van der Waals surface area contributed by atoms with Gasteiger partial charge in [0.2, 0.25) is 5.78 Å². The lowest BCUT2D eigenvalue weighted by Crippen LogP contribution is -2.55. The Balaban J connectivity index is 1.64. The lowest BCUT2D eigenvalue weighted by atomic mass is 9.64. The third-order valence-electron chi connectivity index (χ3n) is 8.11. The molecule has 0 spiro atoms. The van der Waals surface area contributed by atoms with Gasteiger partial charge >= 0.3 is 5.88 Å². The number of allylic oxidation sites excluding steroid dienone is 3. The van der Waals surface area contributed by atoms with Gasteiger partial charge < -0.3 is 25.1 Å². The number of carboxylic acids is 1. The maximum atomic E-state index is 16.0. The van der Waals surface area contributed by atoms with Crippen LogP contribution in [-0.4, -0.2) is 52.9 Å². The fraction of sp³-hybridized carbons (Fsp3) is 0.680. The molecule has 1 fully saturated rings. The van der Waals surface area contributed by atoms with Crippen LogP contribution in [0.15, 0.2) is 34.9 Å². The second-order valence-corrected chi connectivity index (χ2v) is 11.1. The fourth-order valence-electron chi connectivity index (χ4n) is 6.73. The van der Waals surface area contributed by atoms with Gasteiger partial charge in [-0.05, 0) is 48.3 Å². The molecule has 0 aromatic heterocycles. The number of ketones is 1. The van der Waals surface area contributed by atoms with Gasteiger partial charge in [0.05, 0.1) is 24.4 Å². The number of ether oxygens (including phenoxy) is 1. The number of halogens is 1. The van der Waals surface area contributed by atoms with Crippen molar-refractivity contribution in [3.05, 3.63) is 34.9 Å². The number of quaternary nitrogens is 1. The molecule has 0 bridgehead atoms. The lowest BCUT2D eigenvalue weighted by Gasteiger charge is -2.46. The van der Waals surface area contributed by atoms with E-state index in [9.17, 15) is 19.8 Å². The fourth-order valence-corrected chi connectivity index (χ4v) is 6.73. The Labute approximate surface area is 194 Å². The van der Waals surface area contributed by atoms with Crippen LogP contribution in [0.2, 0.25) is 0 Å². The highest BCUT2D eigenvalue weighted by atomic mass is 19.2. The Morgan fingerprint density at radius 1 is 1.42 bits per heavy atom. The van der Waals surface area contributed by atoms with Crippen molar-refractivity contribution in [3.8, 4) is 0 Å². The van der Waals surface area contributed by atoms with Gasteiger partial charge in [0.15, 0.2) is 6.04 Å². The standard InChI is InChI=1S/C25H35FN2O5/c1-6-25(32,22(23(30)31)24(2,3)4)16-11-14-10-15-13-28(26)17(8-7-9-19(28)33-5)20(15)27-21(14)18(29)12-16/h9,12,15,17,20,22,27,32H,6-8,10-11,13H2,1-5H3. The molecule has 0 aromatic rings. The topological polar surface area (TPSA) is 98.7 Å². The van der Waals surface area contributed by atoms with Crippen molar-refractivity contribution in [1.29, 1.82) is 0 Å². The molecule has 0 aromatic carbocycles. The first-order valence-corrected chi connectivity index (χ1v) is 11.9. The summed E-state index contributed by atoms with van der Waals surface area (Å²) < 4.78 is 20.6. The number of carboxylic acid groups (broad SMARTS) is 1. The quantitative estimate of drug-likeness (QED) is 0.607. The Morgan fingerprint density at radius 3 is 2.70 bits per heavy atom. The van der Waals surface area contributed by atoms with Crippen molar-refractivity contribution in [2.75, 3.05) is 13.7 Å². The molecule has 182 valence electrons. The molecular formula is C25H35FN2O5. The molecule has 1 aliphatic carbocycles. The summed E-state index contributed by atoms with van der Waals surface area (Å²) >= 11 is 0. The minimum Gasteiger partial charge on any atom is -0.550 e. The SMILES string of the molecule is CCC(O)(C1=CC(=O)C2=C(C1)CC1C[N+]3(F)C(OC)=CCCC3C1N2)C(C(=O)[O-])C(C)(C)C. The monoisotopic (exact) mass is 462 g/mol. The van der Waals surface area contributed by atoms with Crippen LogP contribution in [0.3, 0.4) is 0 Å². The molecule has 7 nitrogen and oxygen atoms in total. The van der Waals surface area contributed by atoms with E-state index in [2.05, 4.69) is 5.32 Å². The second-order valence-electron chi connectivity index (χ2n) is 11.1. The molecule has 4 aliphatic rings. The smallest absolute Gasteiger partial charge is 0.326 e. The Morgan fingerprint density at radius 2 is 2.12 bits per heavy atom. The van der Waals surface area contributed by atoms with E-state index in [4.69, 9.17) is 4.74 Å². The van der Waals surface area contributed by atoms with Crippen LogP contribution in [0.25, 0.3) is 0 Å². The molecule has 33 heavy (non-hydrogen) atoms. The molecule has 2 N–H and O–H groups in total. The van der Waals surface area contributed by atoms with Crippen LogP contribution in [0.1, 0.15) is 59.8 Å². The van der Waals surface area contributed by atoms with Gasteiger partial charge in [-0.3, -0.25) is 4.79 Å². The number of rotatable bonds is 5. The lowest BCUT2D eigenvalue weighted by molar-refractivity contribution is -1.05. The summed E-state index contributed by atoms with van der Waals surface area (Å²) in [6.45, 7) is 7.22. The van der Waals surface area contributed by atoms with Crippen LogP contribution in [0, 0.1) is 17.3 Å². The van der Waals surface area contributed by atoms with Crippen molar-refractivity contribution < 1.29 is 33.7 Å². The zero-order valence-electron chi connectivity index (χ0n) is 20.1. The first-order valence-electron chi connectivity index (χ1n) is 11.9. The number of aliphatic hydroxyl groups is 1. The molecular weight excluding hydrogens is 427 g/mol. The van der Waals surface area contributed by atoms with Gasteiger partial charge in [-0.2, -0.15) is 0 Å². The average Bonchev–Trinajstić information content (AvgIpc) is 3.01. The number of carbonyl (C=O) groups excluding carboxylic acids is 2. The summed E-state index contributed by atoms with van der Waals surface area (Å²) in [6.07, 6.45) is 5.53. The maximum absolute atomic E-state index is 16.0. The van der Waals surface area contributed by atoms with Crippen LogP contribution >= 0.6 is 0 Å². The van der Waals surface area contributed by atoms with E-state index in [1.165, 1.54) is 13.2 Å². The third-order valence-corrected chi connectivity index (χ3v) is 8.11. The van der Waals surface area contributed by atoms with Crippen molar-refractivity contribution >= 4 is 11.8 Å². The van der Waals surface area contributed by atoms with Crippen LogP contribution in [-0.2, 0) is 14.3 Å². The summed E-state index contributed by atoms with van der Waals surface area (Å²) in [5.74, 6) is -2.51. The number of hydrogen-bond acceptors (Lipinski definition) is 6. The van der Waals surface area contributed by atoms with Crippen LogP contribution < -0.4 is 10.4 Å². The molecule has 1 saturated heterocycles. The highest BCUT2D eigenvalue weighted by Crippen LogP contribution is 2.49. The zero-order valence-corrected chi connectivity index (χ0v) is 20.1. The molecule has 0 radical (unpaired) electrons. The van der Waals surface area contributed by atoms with Gasteiger partial charge in [-0.25, -0.2) is 0 Å². The van der Waals surface area contributed by atoms with Crippen LogP contribution in [0.5, 0.6) is 0 Å². The van der Waals surface area contributed by atoms with E-state index in [1.54, 1.807) is 33.8 Å². The summed E-state index contributed by atoms with van der Waals surface area (Å²) in [6, 6.07) is -0.500. The average molecular weight is 463 g/mol. The highest BCUT2D eigenvalue weighted by Gasteiger charge is 2.62. The summed E-state index contributed by atoms with van der Waals surface area (Å²) in [7, 11) is 1.49. The van der Waals surface area contributed by atoms with Crippen LogP contribution in [0.4, 0.5) is 4.48 Å². The highest BCUT2D eigenvalue weighted by molar-refractivity contribution is 6.06. The van der Waals surface area contributed by atoms with Gasteiger partial charge in [0.25, 0.3) is 0 Å². The van der Waals surface area contributed by atoms with Crippen molar-refractivity contribution in [2.24, 2.45) is 17.3 Å². The van der Waals surface area contributed by atoms with E-state index in [0.717, 1.165) is 12.0 Å². The van der Waals surface area contributed by atoms with Gasteiger partial charge in [0, 0.05) is 34.8 Å². The predicted molar refractivity (Wildman–Crippen MR) is 117 cm³/mol. The van der Waals surface area contributed by atoms with Gasteiger partial charge in [-0.15, -0.1) is 0 Å². The Bertz CT molecular complexity index is 964. The largest absolute Gasteiger partial charge is 0.550 e. The zero-order chi connectivity index (χ0) is 24.3. The van der Waals surface area contributed by atoms with Crippen molar-refractivity contribution in [3.63, 3.8) is 0 Å². The van der Waals surface area contributed by atoms with Crippen molar-refractivity contribution in [2.45, 2.75) is 77.5 Å². The van der Waals surface area contributed by atoms with Gasteiger partial charge in [-0.1, -0.05) is 32.4 Å². The predicted octanol–water partition coefficient (Wildman–Crippen LogP) is 2.04. The molecule has 0 amide bonds. The number of aliphatic carboxylic acids is 1. The first kappa shape index (κ1) is 24.0. The molecule has 8 heteroatoms. The molecule has 6 unspecified atom stereocenters. The second kappa shape index (κ2) is 7.94. The number of fused-ring (bicyclic) bond motifs is 3. The maximum Gasteiger partial charge on any atom is 0.326 e. The number of carbonyl (C=O) groups is 2. The summed E-state index contributed by atoms with van der Waals surface area (Å²) in [5, 5.41) is 27.0. The number of hydrogen-bond donors (Lipinski definition) is 2. The summed E-state index contributed by atoms with van der Waals surface area (Å²) in [5.41, 5.74) is -0.808. The van der Waals surface area contributed by atoms with E-state index in [1.807, 2.05) is 0 Å². The third kappa shape index (κ3) is 3.62. The summed E-state index contributed by atoms with van der Waals surface area (Å²) in [4.78, 5) is 25.3.